The molecule has 0 atom stereocenters. The molecule has 2 N–H and O–H groups in total. The first kappa shape index (κ1) is 15.3. The van der Waals surface area contributed by atoms with Crippen LogP contribution in [-0.2, 0) is 6.42 Å². The number of thiophene rings is 1. The summed E-state index contributed by atoms with van der Waals surface area (Å²) in [5.41, 5.74) is 8.96. The van der Waals surface area contributed by atoms with E-state index >= 15 is 0 Å². The van der Waals surface area contributed by atoms with Crippen LogP contribution in [0.2, 0.25) is 0 Å². The van der Waals surface area contributed by atoms with Gasteiger partial charge in [-0.1, -0.05) is 6.07 Å². The number of rotatable bonds is 5. The van der Waals surface area contributed by atoms with Gasteiger partial charge >= 0.3 is 0 Å². The summed E-state index contributed by atoms with van der Waals surface area (Å²) in [7, 11) is 1.62. The quantitative estimate of drug-likeness (QED) is 0.558. The fraction of sp³-hybridized carbons (Fsp3) is 0.105. The first-order valence-electron chi connectivity index (χ1n) is 7.27. The predicted molar refractivity (Wildman–Crippen MR) is 95.2 cm³/mol. The van der Waals surface area contributed by atoms with Gasteiger partial charge in [-0.2, -0.15) is 0 Å². The van der Waals surface area contributed by atoms with E-state index in [1.165, 1.54) is 4.88 Å². The molecule has 23 heavy (non-hydrogen) atoms. The molecule has 3 aromatic rings. The van der Waals surface area contributed by atoms with Crippen LogP contribution in [0.4, 0.5) is 5.69 Å². The first-order valence-corrected chi connectivity index (χ1v) is 8.15. The molecule has 4 heteroatoms. The van der Waals surface area contributed by atoms with E-state index in [0.29, 0.717) is 17.7 Å². The van der Waals surface area contributed by atoms with Crippen molar-refractivity contribution in [3.8, 4) is 16.2 Å². The van der Waals surface area contributed by atoms with Crippen molar-refractivity contribution >= 4 is 22.8 Å². The maximum Gasteiger partial charge on any atom is 0.167 e. The summed E-state index contributed by atoms with van der Waals surface area (Å²) >= 11 is 1.68. The lowest BCUT2D eigenvalue weighted by Crippen LogP contribution is -2.05. The Balaban J connectivity index is 1.90. The van der Waals surface area contributed by atoms with Crippen LogP contribution >= 0.6 is 11.3 Å². The Labute approximate surface area is 139 Å². The van der Waals surface area contributed by atoms with Crippen LogP contribution in [0.25, 0.3) is 10.4 Å². The van der Waals surface area contributed by atoms with Crippen molar-refractivity contribution in [2.75, 3.05) is 12.8 Å². The van der Waals surface area contributed by atoms with Gasteiger partial charge in [0.1, 0.15) is 5.75 Å². The first-order chi connectivity index (χ1) is 11.2. The molecule has 0 aliphatic heterocycles. The summed E-state index contributed by atoms with van der Waals surface area (Å²) in [6, 6.07) is 17.0. The number of nitrogen functional groups attached to an aromatic ring is 1. The van der Waals surface area contributed by atoms with Gasteiger partial charge in [-0.15, -0.1) is 11.3 Å². The maximum absolute atomic E-state index is 12.5. The van der Waals surface area contributed by atoms with Crippen LogP contribution in [0, 0.1) is 0 Å². The largest absolute Gasteiger partial charge is 0.496 e. The summed E-state index contributed by atoms with van der Waals surface area (Å²) in [6.45, 7) is 0. The molecule has 0 unspecified atom stereocenters. The van der Waals surface area contributed by atoms with Crippen molar-refractivity contribution in [1.82, 2.24) is 0 Å². The molecule has 0 fully saturated rings. The monoisotopic (exact) mass is 323 g/mol. The fourth-order valence-corrected chi connectivity index (χ4v) is 3.18. The van der Waals surface area contributed by atoms with Crippen molar-refractivity contribution in [3.05, 3.63) is 71.1 Å². The van der Waals surface area contributed by atoms with E-state index in [9.17, 15) is 4.79 Å². The van der Waals surface area contributed by atoms with E-state index in [1.54, 1.807) is 42.7 Å². The number of nitrogens with two attached hydrogens (primary N) is 1. The van der Waals surface area contributed by atoms with Gasteiger partial charge in [-0.25, -0.2) is 0 Å². The molecule has 1 aromatic heterocycles. The summed E-state index contributed by atoms with van der Waals surface area (Å²) in [4.78, 5) is 13.7. The molecule has 3 nitrogen and oxygen atoms in total. The van der Waals surface area contributed by atoms with E-state index < -0.39 is 0 Å². The lowest BCUT2D eigenvalue weighted by molar-refractivity contribution is 0.0992. The lowest BCUT2D eigenvalue weighted by atomic mass is 10.00. The number of hydrogen-bond acceptors (Lipinski definition) is 4. The summed E-state index contributed by atoms with van der Waals surface area (Å²) in [5.74, 6) is 0.778. The van der Waals surface area contributed by atoms with E-state index in [4.69, 9.17) is 10.5 Å². The van der Waals surface area contributed by atoms with E-state index in [-0.39, 0.29) is 5.78 Å². The fourth-order valence-electron chi connectivity index (χ4n) is 2.46. The molecule has 0 spiro atoms. The number of anilines is 1. The van der Waals surface area contributed by atoms with Crippen LogP contribution < -0.4 is 10.5 Å². The van der Waals surface area contributed by atoms with E-state index in [2.05, 4.69) is 6.07 Å². The number of carbonyl (C=O) groups excluding carboxylic acids is 1. The molecule has 0 aliphatic carbocycles. The number of Topliss-reactive ketones (excluding diaryl/α,β-unsaturated/α-hetero) is 1. The Kier molecular flexibility index (Phi) is 4.44. The van der Waals surface area contributed by atoms with Gasteiger partial charge < -0.3 is 10.5 Å². The molecular formula is C19H17NO2S. The van der Waals surface area contributed by atoms with Crippen molar-refractivity contribution in [1.29, 1.82) is 0 Å². The Morgan fingerprint density at radius 1 is 1.13 bits per heavy atom. The predicted octanol–water partition coefficient (Wildman–Crippen LogP) is 4.43. The average molecular weight is 323 g/mol. The number of ketones is 1. The molecule has 0 amide bonds. The van der Waals surface area contributed by atoms with Crippen LogP contribution in [0.1, 0.15) is 15.9 Å². The van der Waals surface area contributed by atoms with Crippen LogP contribution in [0.5, 0.6) is 5.75 Å². The Morgan fingerprint density at radius 3 is 2.57 bits per heavy atom. The highest BCUT2D eigenvalue weighted by Gasteiger charge is 2.12. The Morgan fingerprint density at radius 2 is 1.91 bits per heavy atom. The minimum atomic E-state index is 0.0478. The highest BCUT2D eigenvalue weighted by Crippen LogP contribution is 2.30. The lowest BCUT2D eigenvalue weighted by Gasteiger charge is -2.10. The second-order valence-electron chi connectivity index (χ2n) is 5.23. The molecule has 3 rings (SSSR count). The summed E-state index contributed by atoms with van der Waals surface area (Å²) < 4.78 is 5.40. The third-order valence-corrected chi connectivity index (χ3v) is 4.59. The number of carbonyl (C=O) groups is 1. The standard InChI is InChI=1S/C19H17NO2S/c1-22-18-9-6-14(19-3-2-10-23-19)11-15(18)12-17(21)13-4-7-16(20)8-5-13/h2-11H,12,20H2,1H3. The van der Waals surface area contributed by atoms with Gasteiger partial charge in [0, 0.05) is 28.1 Å². The van der Waals surface area contributed by atoms with Gasteiger partial charge in [0.25, 0.3) is 0 Å². The number of ether oxygens (including phenoxy) is 1. The molecule has 1 heterocycles. The van der Waals surface area contributed by atoms with Crippen LogP contribution in [0.3, 0.4) is 0 Å². The van der Waals surface area contributed by atoms with Crippen LogP contribution in [-0.4, -0.2) is 12.9 Å². The minimum Gasteiger partial charge on any atom is -0.496 e. The normalized spacial score (nSPS) is 10.5. The second-order valence-corrected chi connectivity index (χ2v) is 6.17. The smallest absolute Gasteiger partial charge is 0.167 e. The zero-order valence-corrected chi connectivity index (χ0v) is 13.6. The van der Waals surface area contributed by atoms with Gasteiger partial charge in [0.15, 0.2) is 5.78 Å². The van der Waals surface area contributed by atoms with Gasteiger partial charge in [-0.05, 0) is 59.5 Å². The van der Waals surface area contributed by atoms with Crippen molar-refractivity contribution < 1.29 is 9.53 Å². The van der Waals surface area contributed by atoms with E-state index in [1.807, 2.05) is 29.6 Å². The molecule has 0 saturated carbocycles. The molecule has 0 saturated heterocycles. The van der Waals surface area contributed by atoms with Gasteiger partial charge in [0.2, 0.25) is 0 Å². The zero-order chi connectivity index (χ0) is 16.2. The third-order valence-electron chi connectivity index (χ3n) is 3.67. The molecule has 0 aliphatic rings. The maximum atomic E-state index is 12.5. The SMILES string of the molecule is COc1ccc(-c2cccs2)cc1CC(=O)c1ccc(N)cc1. The topological polar surface area (TPSA) is 52.3 Å². The van der Waals surface area contributed by atoms with Gasteiger partial charge in [0.05, 0.1) is 7.11 Å². The molecule has 116 valence electrons. The zero-order valence-electron chi connectivity index (χ0n) is 12.8. The van der Waals surface area contributed by atoms with E-state index in [0.717, 1.165) is 16.9 Å². The molecular weight excluding hydrogens is 306 g/mol. The number of benzene rings is 2. The highest BCUT2D eigenvalue weighted by molar-refractivity contribution is 7.13. The molecule has 0 bridgehead atoms. The summed E-state index contributed by atoms with van der Waals surface area (Å²) in [5, 5.41) is 2.04. The Bertz CT molecular complexity index is 808. The Hall–Kier alpha value is -2.59. The van der Waals surface area contributed by atoms with Crippen molar-refractivity contribution in [2.45, 2.75) is 6.42 Å². The van der Waals surface area contributed by atoms with Crippen molar-refractivity contribution in [3.63, 3.8) is 0 Å². The van der Waals surface area contributed by atoms with Gasteiger partial charge in [-0.3, -0.25) is 4.79 Å². The molecule has 2 aromatic carbocycles. The van der Waals surface area contributed by atoms with Crippen molar-refractivity contribution in [2.24, 2.45) is 0 Å². The molecule has 0 radical (unpaired) electrons. The number of methoxy groups -OCH3 is 1. The number of hydrogen-bond donors (Lipinski definition) is 1. The van der Waals surface area contributed by atoms with Crippen LogP contribution in [0.15, 0.2) is 60.0 Å². The minimum absolute atomic E-state index is 0.0478. The second kappa shape index (κ2) is 6.67. The average Bonchev–Trinajstić information content (AvgIpc) is 3.10. The summed E-state index contributed by atoms with van der Waals surface area (Å²) in [6.07, 6.45) is 0.298. The third kappa shape index (κ3) is 3.43. The highest BCUT2D eigenvalue weighted by atomic mass is 32.1.